The van der Waals surface area contributed by atoms with Gasteiger partial charge in [-0.15, -0.1) is 11.3 Å². The third kappa shape index (κ3) is 5.29. The molecule has 0 spiro atoms. The number of esters is 1. The summed E-state index contributed by atoms with van der Waals surface area (Å²) in [5.41, 5.74) is 0.539. The number of benzene rings is 1. The van der Waals surface area contributed by atoms with Crippen molar-refractivity contribution in [3.8, 4) is 0 Å². The molecule has 0 atom stereocenters. The number of carbonyl (C=O) groups is 2. The van der Waals surface area contributed by atoms with Crippen molar-refractivity contribution in [1.82, 2.24) is 5.32 Å². The van der Waals surface area contributed by atoms with E-state index < -0.39 is 11.9 Å². The van der Waals surface area contributed by atoms with Gasteiger partial charge in [0.1, 0.15) is 5.82 Å². The van der Waals surface area contributed by atoms with Gasteiger partial charge in [0.25, 0.3) is 5.91 Å². The van der Waals surface area contributed by atoms with Crippen LogP contribution in [0.2, 0.25) is 0 Å². The molecule has 0 radical (unpaired) electrons. The summed E-state index contributed by atoms with van der Waals surface area (Å²) in [6.45, 7) is -0.0241. The van der Waals surface area contributed by atoms with E-state index in [1.807, 2.05) is 17.5 Å². The van der Waals surface area contributed by atoms with Gasteiger partial charge in [0.15, 0.2) is 6.61 Å². The molecule has 0 saturated heterocycles. The van der Waals surface area contributed by atoms with Gasteiger partial charge in [-0.05, 0) is 29.5 Å². The SMILES string of the molecule is O=C(COC(=O)Cc1cccs1)NCCc1ccccc1F. The molecule has 1 amide bonds. The normalized spacial score (nSPS) is 10.2. The topological polar surface area (TPSA) is 55.4 Å². The van der Waals surface area contributed by atoms with Gasteiger partial charge in [0.05, 0.1) is 6.42 Å². The molecule has 0 unspecified atom stereocenters. The second-order valence-electron chi connectivity index (χ2n) is 4.61. The van der Waals surface area contributed by atoms with E-state index in [0.29, 0.717) is 18.5 Å². The Hall–Kier alpha value is -2.21. The Morgan fingerprint density at radius 1 is 1.18 bits per heavy atom. The molecule has 0 saturated carbocycles. The Morgan fingerprint density at radius 3 is 2.73 bits per heavy atom. The van der Waals surface area contributed by atoms with E-state index in [0.717, 1.165) is 4.88 Å². The van der Waals surface area contributed by atoms with Crippen LogP contribution in [0.15, 0.2) is 41.8 Å². The summed E-state index contributed by atoms with van der Waals surface area (Å²) in [6, 6.07) is 10.1. The van der Waals surface area contributed by atoms with Crippen LogP contribution in [0.25, 0.3) is 0 Å². The summed E-state index contributed by atoms with van der Waals surface area (Å²) in [7, 11) is 0. The molecular formula is C16H16FNO3S. The zero-order valence-corrected chi connectivity index (χ0v) is 12.7. The lowest BCUT2D eigenvalue weighted by Crippen LogP contribution is -2.30. The number of thiophene rings is 1. The average Bonchev–Trinajstić information content (AvgIpc) is 3.00. The Morgan fingerprint density at radius 2 is 2.00 bits per heavy atom. The van der Waals surface area contributed by atoms with Crippen LogP contribution in [0.4, 0.5) is 4.39 Å². The summed E-state index contributed by atoms with van der Waals surface area (Å²) in [6.07, 6.45) is 0.557. The number of hydrogen-bond donors (Lipinski definition) is 1. The molecule has 0 bridgehead atoms. The van der Waals surface area contributed by atoms with Crippen molar-refractivity contribution in [3.05, 3.63) is 58.0 Å². The lowest BCUT2D eigenvalue weighted by atomic mass is 10.1. The minimum atomic E-state index is -0.438. The highest BCUT2D eigenvalue weighted by Gasteiger charge is 2.09. The van der Waals surface area contributed by atoms with Crippen LogP contribution in [0.1, 0.15) is 10.4 Å². The maximum atomic E-state index is 13.4. The number of halogens is 1. The first-order valence-electron chi connectivity index (χ1n) is 6.83. The lowest BCUT2D eigenvalue weighted by Gasteiger charge is -2.07. The van der Waals surface area contributed by atoms with Crippen LogP contribution < -0.4 is 5.32 Å². The van der Waals surface area contributed by atoms with Gasteiger partial charge in [-0.25, -0.2) is 4.39 Å². The van der Waals surface area contributed by atoms with Crippen molar-refractivity contribution in [2.24, 2.45) is 0 Å². The monoisotopic (exact) mass is 321 g/mol. The first-order chi connectivity index (χ1) is 10.6. The van der Waals surface area contributed by atoms with Crippen LogP contribution in [-0.4, -0.2) is 25.0 Å². The maximum absolute atomic E-state index is 13.4. The molecule has 0 fully saturated rings. The molecule has 1 N–H and O–H groups in total. The summed E-state index contributed by atoms with van der Waals surface area (Å²) in [5.74, 6) is -1.12. The van der Waals surface area contributed by atoms with E-state index in [9.17, 15) is 14.0 Å². The molecule has 116 valence electrons. The smallest absolute Gasteiger partial charge is 0.311 e. The molecule has 1 aromatic heterocycles. The number of amides is 1. The molecule has 22 heavy (non-hydrogen) atoms. The number of rotatable bonds is 7. The zero-order valence-electron chi connectivity index (χ0n) is 11.9. The van der Waals surface area contributed by atoms with Gasteiger partial charge >= 0.3 is 5.97 Å². The molecule has 0 aliphatic heterocycles. The highest BCUT2D eigenvalue weighted by molar-refractivity contribution is 7.10. The van der Waals surface area contributed by atoms with Crippen molar-refractivity contribution in [2.45, 2.75) is 12.8 Å². The minimum Gasteiger partial charge on any atom is -0.455 e. The molecular weight excluding hydrogens is 305 g/mol. The van der Waals surface area contributed by atoms with Crippen molar-refractivity contribution < 1.29 is 18.7 Å². The summed E-state index contributed by atoms with van der Waals surface area (Å²) in [5, 5.41) is 4.47. The predicted octanol–water partition coefficient (Wildman–Crippen LogP) is 2.33. The quantitative estimate of drug-likeness (QED) is 0.796. The Labute approximate surface area is 131 Å². The molecule has 1 aromatic carbocycles. The van der Waals surface area contributed by atoms with E-state index in [-0.39, 0.29) is 18.8 Å². The maximum Gasteiger partial charge on any atom is 0.311 e. The molecule has 2 aromatic rings. The van der Waals surface area contributed by atoms with Gasteiger partial charge in [-0.2, -0.15) is 0 Å². The van der Waals surface area contributed by atoms with Gasteiger partial charge < -0.3 is 10.1 Å². The second-order valence-corrected chi connectivity index (χ2v) is 5.64. The van der Waals surface area contributed by atoms with E-state index in [4.69, 9.17) is 4.74 Å². The summed E-state index contributed by atoms with van der Waals surface area (Å²) in [4.78, 5) is 23.9. The number of hydrogen-bond acceptors (Lipinski definition) is 4. The van der Waals surface area contributed by atoms with Crippen molar-refractivity contribution >= 4 is 23.2 Å². The zero-order chi connectivity index (χ0) is 15.8. The molecule has 0 aliphatic rings. The third-order valence-electron chi connectivity index (χ3n) is 2.94. The highest BCUT2D eigenvalue weighted by Crippen LogP contribution is 2.09. The Balaban J connectivity index is 1.64. The van der Waals surface area contributed by atoms with Crippen molar-refractivity contribution in [2.75, 3.05) is 13.2 Å². The minimum absolute atomic E-state index is 0.167. The van der Waals surface area contributed by atoms with E-state index in [1.54, 1.807) is 18.2 Å². The first kappa shape index (κ1) is 16.2. The van der Waals surface area contributed by atoms with Gasteiger partial charge in [-0.1, -0.05) is 24.3 Å². The summed E-state index contributed by atoms with van der Waals surface area (Å²) < 4.78 is 18.3. The fourth-order valence-electron chi connectivity index (χ4n) is 1.84. The van der Waals surface area contributed by atoms with E-state index >= 15 is 0 Å². The highest BCUT2D eigenvalue weighted by atomic mass is 32.1. The average molecular weight is 321 g/mol. The largest absolute Gasteiger partial charge is 0.455 e. The standard InChI is InChI=1S/C16H16FNO3S/c17-14-6-2-1-4-12(14)7-8-18-15(19)11-21-16(20)10-13-5-3-9-22-13/h1-6,9H,7-8,10-11H2,(H,18,19). The molecule has 6 heteroatoms. The Kier molecular flexibility index (Phi) is 6.09. The van der Waals surface area contributed by atoms with Crippen LogP contribution in [0.3, 0.4) is 0 Å². The van der Waals surface area contributed by atoms with Crippen LogP contribution in [0, 0.1) is 5.82 Å². The molecule has 2 rings (SSSR count). The van der Waals surface area contributed by atoms with Gasteiger partial charge in [-0.3, -0.25) is 9.59 Å². The summed E-state index contributed by atoms with van der Waals surface area (Å²) >= 11 is 1.46. The van der Waals surface area contributed by atoms with E-state index in [1.165, 1.54) is 17.4 Å². The van der Waals surface area contributed by atoms with Crippen LogP contribution in [-0.2, 0) is 27.2 Å². The van der Waals surface area contributed by atoms with Crippen LogP contribution in [0.5, 0.6) is 0 Å². The number of carbonyl (C=O) groups excluding carboxylic acids is 2. The third-order valence-corrected chi connectivity index (χ3v) is 3.81. The first-order valence-corrected chi connectivity index (χ1v) is 7.71. The van der Waals surface area contributed by atoms with Gasteiger partial charge in [0, 0.05) is 11.4 Å². The molecule has 4 nitrogen and oxygen atoms in total. The van der Waals surface area contributed by atoms with Crippen molar-refractivity contribution in [1.29, 1.82) is 0 Å². The lowest BCUT2D eigenvalue weighted by molar-refractivity contribution is -0.147. The van der Waals surface area contributed by atoms with Gasteiger partial charge in [0.2, 0.25) is 0 Å². The van der Waals surface area contributed by atoms with Crippen molar-refractivity contribution in [3.63, 3.8) is 0 Å². The second kappa shape index (κ2) is 8.29. The number of ether oxygens (including phenoxy) is 1. The molecule has 0 aliphatic carbocycles. The Bertz CT molecular complexity index is 628. The fraction of sp³-hybridized carbons (Fsp3) is 0.250. The van der Waals surface area contributed by atoms with E-state index in [2.05, 4.69) is 5.32 Å². The predicted molar refractivity (Wildman–Crippen MR) is 82.1 cm³/mol. The number of nitrogens with one attached hydrogen (secondary N) is 1. The molecule has 1 heterocycles. The van der Waals surface area contributed by atoms with Crippen LogP contribution >= 0.6 is 11.3 Å². The fourth-order valence-corrected chi connectivity index (χ4v) is 2.53.